The van der Waals surface area contributed by atoms with Gasteiger partial charge in [-0.2, -0.15) is 4.98 Å². The first-order valence-electron chi connectivity index (χ1n) is 10.3. The second-order valence-corrected chi connectivity index (χ2v) is 13.3. The molecule has 0 radical (unpaired) electrons. The Hall–Kier alpha value is -1.87. The molecule has 0 aliphatic heterocycles. The first-order valence-corrected chi connectivity index (χ1v) is 14.3. The smallest absolute Gasteiger partial charge is 0.229 e. The average molecular weight is 600 g/mol. The van der Waals surface area contributed by atoms with Gasteiger partial charge in [-0.1, -0.05) is 23.7 Å². The van der Waals surface area contributed by atoms with Crippen LogP contribution in [0.2, 0.25) is 5.02 Å². The molecule has 0 bridgehead atoms. The number of nitrogens with one attached hydrogen (secondary N) is 2. The number of hydrogen-bond donors (Lipinski definition) is 2. The van der Waals surface area contributed by atoms with E-state index in [4.69, 9.17) is 16.3 Å². The minimum absolute atomic E-state index is 0.360. The van der Waals surface area contributed by atoms with Crippen molar-refractivity contribution in [3.05, 3.63) is 58.7 Å². The summed E-state index contributed by atoms with van der Waals surface area (Å²) in [7, 11) is 1.20. The molecule has 1 heterocycles. The molecule has 0 aliphatic carbocycles. The van der Waals surface area contributed by atoms with Crippen LogP contribution in [0.5, 0.6) is 5.75 Å². The Labute approximate surface area is 214 Å². The van der Waals surface area contributed by atoms with Crippen molar-refractivity contribution in [2.24, 2.45) is 0 Å². The highest BCUT2D eigenvalue weighted by atomic mass is 127. The normalized spacial score (nSPS) is 11.5. The Bertz CT molecular complexity index is 1190. The van der Waals surface area contributed by atoms with Crippen molar-refractivity contribution in [1.29, 1.82) is 0 Å². The van der Waals surface area contributed by atoms with E-state index in [2.05, 4.69) is 53.5 Å². The van der Waals surface area contributed by atoms with Gasteiger partial charge in [-0.25, -0.2) is 4.98 Å². The molecule has 0 aliphatic rings. The molecule has 0 unspecified atom stereocenters. The predicted molar refractivity (Wildman–Crippen MR) is 147 cm³/mol. The zero-order chi connectivity index (χ0) is 24.2. The molecular formula is C23H28ClIN5O2P. The summed E-state index contributed by atoms with van der Waals surface area (Å²) in [5, 5.41) is 7.56. The van der Waals surface area contributed by atoms with Crippen molar-refractivity contribution in [2.45, 2.75) is 13.3 Å². The van der Waals surface area contributed by atoms with E-state index < -0.39 is 7.14 Å². The molecule has 1 aromatic heterocycles. The lowest BCUT2D eigenvalue weighted by Gasteiger charge is -2.17. The standard InChI is InChI=1S/C23H28ClIN5O2P/c1-15-12-19(20(32-3)13-16(15)10-11-30(2)25)28-23-26-14-17(24)22(29-23)27-18-8-6-7-9-21(18)33(4,5)31/h6-9,12-14H,10-11H2,1-5H3,(H2,26,27,28,29). The maximum Gasteiger partial charge on any atom is 0.229 e. The van der Waals surface area contributed by atoms with Crippen molar-refractivity contribution in [3.8, 4) is 5.75 Å². The quantitative estimate of drug-likeness (QED) is 0.177. The Kier molecular flexibility index (Phi) is 8.61. The summed E-state index contributed by atoms with van der Waals surface area (Å²) in [6.45, 7) is 6.49. The molecule has 0 spiro atoms. The average Bonchev–Trinajstić information content (AvgIpc) is 2.75. The van der Waals surface area contributed by atoms with E-state index >= 15 is 0 Å². The topological polar surface area (TPSA) is 79.4 Å². The minimum Gasteiger partial charge on any atom is -0.495 e. The number of aryl methyl sites for hydroxylation is 1. The van der Waals surface area contributed by atoms with Crippen LogP contribution in [0.3, 0.4) is 0 Å². The SMILES string of the molecule is COc1cc(CCN(C)I)c(C)cc1Nc1ncc(Cl)c(Nc2ccccc2P(C)(C)=O)n1. The number of para-hydroxylation sites is 1. The second kappa shape index (κ2) is 11.0. The summed E-state index contributed by atoms with van der Waals surface area (Å²) in [6, 6.07) is 11.5. The third-order valence-electron chi connectivity index (χ3n) is 5.08. The molecule has 2 N–H and O–H groups in total. The van der Waals surface area contributed by atoms with Crippen LogP contribution < -0.4 is 20.7 Å². The molecule has 3 rings (SSSR count). The largest absolute Gasteiger partial charge is 0.495 e. The lowest BCUT2D eigenvalue weighted by molar-refractivity contribution is 0.416. The van der Waals surface area contributed by atoms with E-state index in [9.17, 15) is 4.57 Å². The molecule has 0 saturated heterocycles. The summed E-state index contributed by atoms with van der Waals surface area (Å²) in [5.74, 6) is 1.50. The van der Waals surface area contributed by atoms with Gasteiger partial charge in [0.15, 0.2) is 5.82 Å². The van der Waals surface area contributed by atoms with E-state index in [1.807, 2.05) is 43.4 Å². The van der Waals surface area contributed by atoms with Crippen LogP contribution >= 0.6 is 41.6 Å². The molecule has 0 atom stereocenters. The van der Waals surface area contributed by atoms with E-state index in [0.29, 0.717) is 28.2 Å². The van der Waals surface area contributed by atoms with Gasteiger partial charge in [0.05, 0.1) is 24.7 Å². The van der Waals surface area contributed by atoms with Crippen LogP contribution in [0.25, 0.3) is 0 Å². The highest BCUT2D eigenvalue weighted by Gasteiger charge is 2.17. The maximum absolute atomic E-state index is 12.7. The molecule has 3 aromatic rings. The van der Waals surface area contributed by atoms with Gasteiger partial charge < -0.3 is 19.9 Å². The zero-order valence-electron chi connectivity index (χ0n) is 19.3. The van der Waals surface area contributed by atoms with Crippen molar-refractivity contribution >= 4 is 70.1 Å². The van der Waals surface area contributed by atoms with Crippen LogP contribution in [0, 0.1) is 6.92 Å². The fraction of sp³-hybridized carbons (Fsp3) is 0.304. The number of likely N-dealkylation sites (N-methyl/N-ethyl adjacent to an activating group) is 1. The third kappa shape index (κ3) is 6.82. The summed E-state index contributed by atoms with van der Waals surface area (Å²) in [4.78, 5) is 8.88. The molecule has 33 heavy (non-hydrogen) atoms. The predicted octanol–water partition coefficient (Wildman–Crippen LogP) is 6.01. The maximum atomic E-state index is 12.7. The number of methoxy groups -OCH3 is 1. The van der Waals surface area contributed by atoms with Crippen molar-refractivity contribution in [2.75, 3.05) is 44.7 Å². The van der Waals surface area contributed by atoms with Gasteiger partial charge in [-0.05, 0) is 69.1 Å². The monoisotopic (exact) mass is 599 g/mol. The van der Waals surface area contributed by atoms with E-state index in [0.717, 1.165) is 29.5 Å². The molecule has 0 amide bonds. The van der Waals surface area contributed by atoms with Gasteiger partial charge in [0.25, 0.3) is 0 Å². The van der Waals surface area contributed by atoms with Gasteiger partial charge in [-0.3, -0.25) is 3.11 Å². The third-order valence-corrected chi connectivity index (χ3v) is 7.38. The number of halogens is 2. The highest BCUT2D eigenvalue weighted by molar-refractivity contribution is 14.1. The number of ether oxygens (including phenoxy) is 1. The summed E-state index contributed by atoms with van der Waals surface area (Å²) < 4.78 is 20.4. The van der Waals surface area contributed by atoms with Crippen molar-refractivity contribution in [1.82, 2.24) is 13.1 Å². The molecule has 0 fully saturated rings. The van der Waals surface area contributed by atoms with Gasteiger partial charge in [0.1, 0.15) is 17.9 Å². The lowest BCUT2D eigenvalue weighted by atomic mass is 10.0. The Morgan fingerprint density at radius 2 is 1.91 bits per heavy atom. The van der Waals surface area contributed by atoms with Crippen LogP contribution in [-0.2, 0) is 11.0 Å². The summed E-state index contributed by atoms with van der Waals surface area (Å²) in [5.41, 5.74) is 3.84. The second-order valence-electron chi connectivity index (χ2n) is 8.07. The number of benzene rings is 2. The number of anilines is 4. The van der Waals surface area contributed by atoms with E-state index in [1.54, 1.807) is 20.4 Å². The fourth-order valence-corrected chi connectivity index (χ4v) is 4.89. The number of aromatic nitrogens is 2. The van der Waals surface area contributed by atoms with Crippen LogP contribution in [0.4, 0.5) is 23.1 Å². The molecule has 10 heteroatoms. The van der Waals surface area contributed by atoms with Gasteiger partial charge in [0, 0.05) is 34.7 Å². The Morgan fingerprint density at radius 1 is 1.18 bits per heavy atom. The van der Waals surface area contributed by atoms with Gasteiger partial charge in [0.2, 0.25) is 5.95 Å². The highest BCUT2D eigenvalue weighted by Crippen LogP contribution is 2.39. The lowest BCUT2D eigenvalue weighted by Crippen LogP contribution is -2.11. The fourth-order valence-electron chi connectivity index (χ4n) is 3.35. The number of rotatable bonds is 9. The summed E-state index contributed by atoms with van der Waals surface area (Å²) in [6.07, 6.45) is 2.45. The molecular weight excluding hydrogens is 572 g/mol. The first kappa shape index (κ1) is 25.7. The first-order chi connectivity index (χ1) is 15.6. The minimum atomic E-state index is -2.49. The Morgan fingerprint density at radius 3 is 2.58 bits per heavy atom. The summed E-state index contributed by atoms with van der Waals surface area (Å²) >= 11 is 8.65. The molecule has 7 nitrogen and oxygen atoms in total. The number of nitrogens with zero attached hydrogens (tertiary/aromatic N) is 3. The number of hydrogen-bond acceptors (Lipinski definition) is 7. The molecule has 176 valence electrons. The van der Waals surface area contributed by atoms with Gasteiger partial charge >= 0.3 is 0 Å². The van der Waals surface area contributed by atoms with Crippen molar-refractivity contribution < 1.29 is 9.30 Å². The molecule has 0 saturated carbocycles. The van der Waals surface area contributed by atoms with Crippen LogP contribution in [0.15, 0.2) is 42.6 Å². The Balaban J connectivity index is 1.89. The van der Waals surface area contributed by atoms with Gasteiger partial charge in [-0.15, -0.1) is 0 Å². The van der Waals surface area contributed by atoms with Crippen LogP contribution in [-0.4, -0.2) is 47.1 Å². The van der Waals surface area contributed by atoms with E-state index in [1.165, 1.54) is 11.8 Å². The zero-order valence-corrected chi connectivity index (χ0v) is 23.1. The van der Waals surface area contributed by atoms with E-state index in [-0.39, 0.29) is 0 Å². The molecule has 2 aromatic carbocycles. The van der Waals surface area contributed by atoms with Crippen LogP contribution in [0.1, 0.15) is 11.1 Å². The van der Waals surface area contributed by atoms with Crippen molar-refractivity contribution in [3.63, 3.8) is 0 Å².